The van der Waals surface area contributed by atoms with Crippen molar-refractivity contribution in [1.29, 1.82) is 0 Å². The first kappa shape index (κ1) is 19.4. The van der Waals surface area contributed by atoms with Crippen LogP contribution in [0.25, 0.3) is 0 Å². The lowest BCUT2D eigenvalue weighted by molar-refractivity contribution is 0.154. The molecule has 0 spiro atoms. The second kappa shape index (κ2) is 8.87. The minimum Gasteiger partial charge on any atom is -0.317 e. The van der Waals surface area contributed by atoms with Crippen molar-refractivity contribution < 1.29 is 8.42 Å². The Hall–Kier alpha value is -0.620. The van der Waals surface area contributed by atoms with Crippen LogP contribution in [-0.4, -0.2) is 45.2 Å². The number of hydrogen-bond acceptors (Lipinski definition) is 4. The number of rotatable bonds is 6. The smallest absolute Gasteiger partial charge is 0.175 e. The molecule has 0 atom stereocenters. The van der Waals surface area contributed by atoms with Crippen LogP contribution in [0.4, 0.5) is 0 Å². The Balaban J connectivity index is 0.00000242. The summed E-state index contributed by atoms with van der Waals surface area (Å²) >= 11 is 0. The van der Waals surface area contributed by atoms with Crippen molar-refractivity contribution >= 4 is 22.2 Å². The Morgan fingerprint density at radius 2 is 1.77 bits per heavy atom. The molecule has 0 saturated carbocycles. The minimum absolute atomic E-state index is 0. The highest BCUT2D eigenvalue weighted by atomic mass is 35.5. The van der Waals surface area contributed by atoms with E-state index in [2.05, 4.69) is 17.1 Å². The molecule has 1 saturated heterocycles. The predicted octanol–water partition coefficient (Wildman–Crippen LogP) is 2.48. The third kappa shape index (κ3) is 5.54. The predicted molar refractivity (Wildman–Crippen MR) is 93.4 cm³/mol. The Morgan fingerprint density at radius 3 is 2.27 bits per heavy atom. The number of halogens is 1. The molecule has 1 aliphatic rings. The molecule has 1 aliphatic heterocycles. The molecule has 4 nitrogen and oxygen atoms in total. The number of benzene rings is 1. The van der Waals surface area contributed by atoms with Crippen molar-refractivity contribution in [2.24, 2.45) is 0 Å². The molecule has 1 fully saturated rings. The van der Waals surface area contributed by atoms with Crippen LogP contribution in [0.5, 0.6) is 0 Å². The van der Waals surface area contributed by atoms with E-state index >= 15 is 0 Å². The molecule has 0 aromatic heterocycles. The molecule has 0 aliphatic carbocycles. The molecule has 0 bridgehead atoms. The molecule has 2 rings (SSSR count). The van der Waals surface area contributed by atoms with Gasteiger partial charge in [0.1, 0.15) is 0 Å². The molecule has 0 unspecified atom stereocenters. The van der Waals surface area contributed by atoms with E-state index in [1.54, 1.807) is 12.1 Å². The van der Waals surface area contributed by atoms with Crippen molar-refractivity contribution in [3.8, 4) is 0 Å². The molecule has 22 heavy (non-hydrogen) atoms. The van der Waals surface area contributed by atoms with E-state index in [0.717, 1.165) is 32.6 Å². The van der Waals surface area contributed by atoms with Gasteiger partial charge in [0.2, 0.25) is 0 Å². The van der Waals surface area contributed by atoms with E-state index in [1.165, 1.54) is 24.7 Å². The van der Waals surface area contributed by atoms with E-state index in [9.17, 15) is 8.42 Å². The molecule has 1 aromatic rings. The number of hydrogen-bond donors (Lipinski definition) is 1. The van der Waals surface area contributed by atoms with E-state index in [-0.39, 0.29) is 12.4 Å². The van der Waals surface area contributed by atoms with Gasteiger partial charge < -0.3 is 5.32 Å². The summed E-state index contributed by atoms with van der Waals surface area (Å²) in [6.07, 6.45) is 4.79. The van der Waals surface area contributed by atoms with Gasteiger partial charge in [-0.1, -0.05) is 19.1 Å². The highest BCUT2D eigenvalue weighted by Crippen LogP contribution is 2.17. The largest absolute Gasteiger partial charge is 0.317 e. The number of nitrogens with zero attached hydrogens (tertiary/aromatic N) is 1. The Bertz CT molecular complexity index is 540. The average Bonchev–Trinajstić information content (AvgIpc) is 2.47. The SMILES string of the molecule is CCCN(Cc1ccc(S(C)(=O)=O)cc1)C1CCNCC1.Cl. The third-order valence-electron chi connectivity index (χ3n) is 4.07. The number of nitrogens with one attached hydrogen (secondary N) is 1. The standard InChI is InChI=1S/C16H26N2O2S.ClH/c1-3-12-18(15-8-10-17-11-9-15)13-14-4-6-16(7-5-14)21(2,19)20;/h4-7,15,17H,3,8-13H2,1-2H3;1H. The summed E-state index contributed by atoms with van der Waals surface area (Å²) in [4.78, 5) is 2.94. The summed E-state index contributed by atoms with van der Waals surface area (Å²) in [6.45, 7) is 6.40. The highest BCUT2D eigenvalue weighted by molar-refractivity contribution is 7.90. The second-order valence-electron chi connectivity index (χ2n) is 5.87. The van der Waals surface area contributed by atoms with Gasteiger partial charge in [-0.05, 0) is 56.6 Å². The van der Waals surface area contributed by atoms with E-state index in [1.807, 2.05) is 12.1 Å². The Kier molecular flexibility index (Phi) is 7.83. The Morgan fingerprint density at radius 1 is 1.18 bits per heavy atom. The lowest BCUT2D eigenvalue weighted by atomic mass is 10.0. The maximum atomic E-state index is 11.5. The molecule has 6 heteroatoms. The number of sulfone groups is 1. The van der Waals surface area contributed by atoms with Gasteiger partial charge in [-0.3, -0.25) is 4.90 Å². The van der Waals surface area contributed by atoms with Gasteiger partial charge in [0, 0.05) is 18.8 Å². The van der Waals surface area contributed by atoms with Crippen LogP contribution < -0.4 is 5.32 Å². The average molecular weight is 347 g/mol. The third-order valence-corrected chi connectivity index (χ3v) is 5.20. The molecule has 1 aromatic carbocycles. The maximum Gasteiger partial charge on any atom is 0.175 e. The summed E-state index contributed by atoms with van der Waals surface area (Å²) in [5.41, 5.74) is 1.19. The molecular formula is C16H27ClN2O2S. The van der Waals surface area contributed by atoms with Gasteiger partial charge in [0.05, 0.1) is 4.90 Å². The van der Waals surface area contributed by atoms with E-state index in [0.29, 0.717) is 10.9 Å². The van der Waals surface area contributed by atoms with Gasteiger partial charge in [-0.15, -0.1) is 12.4 Å². The van der Waals surface area contributed by atoms with Gasteiger partial charge in [0.25, 0.3) is 0 Å². The summed E-state index contributed by atoms with van der Waals surface area (Å²) in [6, 6.07) is 7.97. The molecule has 1 heterocycles. The first-order valence-electron chi connectivity index (χ1n) is 7.74. The fraction of sp³-hybridized carbons (Fsp3) is 0.625. The van der Waals surface area contributed by atoms with Gasteiger partial charge in [-0.25, -0.2) is 8.42 Å². The van der Waals surface area contributed by atoms with E-state index < -0.39 is 9.84 Å². The lowest BCUT2D eigenvalue weighted by Crippen LogP contribution is -2.43. The topological polar surface area (TPSA) is 49.4 Å². The summed E-state index contributed by atoms with van der Waals surface area (Å²) in [5, 5.41) is 3.41. The normalized spacial score (nSPS) is 16.5. The molecule has 1 N–H and O–H groups in total. The van der Waals surface area contributed by atoms with Crippen molar-refractivity contribution in [2.45, 2.75) is 43.7 Å². The molecular weight excluding hydrogens is 320 g/mol. The fourth-order valence-electron chi connectivity index (χ4n) is 2.93. The van der Waals surface area contributed by atoms with Crippen LogP contribution in [0.3, 0.4) is 0 Å². The van der Waals surface area contributed by atoms with Crippen LogP contribution in [0.1, 0.15) is 31.7 Å². The molecule has 0 amide bonds. The van der Waals surface area contributed by atoms with Crippen molar-refractivity contribution in [3.05, 3.63) is 29.8 Å². The summed E-state index contributed by atoms with van der Waals surface area (Å²) in [5.74, 6) is 0. The van der Waals surface area contributed by atoms with Crippen LogP contribution in [-0.2, 0) is 16.4 Å². The summed E-state index contributed by atoms with van der Waals surface area (Å²) < 4.78 is 23.0. The zero-order valence-electron chi connectivity index (χ0n) is 13.4. The number of piperidine rings is 1. The molecule has 0 radical (unpaired) electrons. The van der Waals surface area contributed by atoms with Gasteiger partial charge in [0.15, 0.2) is 9.84 Å². The minimum atomic E-state index is -3.10. The fourth-order valence-corrected chi connectivity index (χ4v) is 3.56. The molecule has 126 valence electrons. The van der Waals surface area contributed by atoms with Gasteiger partial charge in [-0.2, -0.15) is 0 Å². The first-order chi connectivity index (χ1) is 10.0. The van der Waals surface area contributed by atoms with E-state index in [4.69, 9.17) is 0 Å². The first-order valence-corrected chi connectivity index (χ1v) is 9.63. The lowest BCUT2D eigenvalue weighted by Gasteiger charge is -2.34. The highest BCUT2D eigenvalue weighted by Gasteiger charge is 2.20. The Labute approximate surface area is 140 Å². The zero-order chi connectivity index (χ0) is 15.3. The van der Waals surface area contributed by atoms with Crippen LogP contribution in [0.2, 0.25) is 0 Å². The zero-order valence-corrected chi connectivity index (χ0v) is 15.0. The van der Waals surface area contributed by atoms with Crippen LogP contribution in [0.15, 0.2) is 29.2 Å². The van der Waals surface area contributed by atoms with Gasteiger partial charge >= 0.3 is 0 Å². The van der Waals surface area contributed by atoms with Crippen molar-refractivity contribution in [1.82, 2.24) is 10.2 Å². The van der Waals surface area contributed by atoms with Crippen molar-refractivity contribution in [2.75, 3.05) is 25.9 Å². The monoisotopic (exact) mass is 346 g/mol. The maximum absolute atomic E-state index is 11.5. The van der Waals surface area contributed by atoms with Crippen molar-refractivity contribution in [3.63, 3.8) is 0 Å². The quantitative estimate of drug-likeness (QED) is 0.859. The summed E-state index contributed by atoms with van der Waals surface area (Å²) in [7, 11) is -3.10. The van der Waals surface area contributed by atoms with Crippen LogP contribution in [0, 0.1) is 0 Å². The van der Waals surface area contributed by atoms with Crippen LogP contribution >= 0.6 is 12.4 Å². The second-order valence-corrected chi connectivity index (χ2v) is 7.88.